The Morgan fingerprint density at radius 2 is 2.16 bits per heavy atom. The SMILES string of the molecule is CNC(C)CNC(=O)C(C)Oc1ccc(F)cc1Br. The molecule has 106 valence electrons. The largest absolute Gasteiger partial charge is 0.480 e. The number of carbonyl (C=O) groups excluding carboxylic acids is 1. The van der Waals surface area contributed by atoms with Crippen LogP contribution in [-0.2, 0) is 4.79 Å². The van der Waals surface area contributed by atoms with Crippen LogP contribution in [-0.4, -0.2) is 31.6 Å². The molecule has 1 amide bonds. The molecule has 6 heteroatoms. The molecule has 0 aliphatic rings. The summed E-state index contributed by atoms with van der Waals surface area (Å²) < 4.78 is 18.9. The number of amides is 1. The second kappa shape index (κ2) is 7.45. The van der Waals surface area contributed by atoms with Crippen LogP contribution < -0.4 is 15.4 Å². The number of hydrogen-bond acceptors (Lipinski definition) is 3. The number of likely N-dealkylation sites (N-methyl/N-ethyl adjacent to an activating group) is 1. The maximum Gasteiger partial charge on any atom is 0.260 e. The fraction of sp³-hybridized carbons (Fsp3) is 0.462. The molecule has 0 radical (unpaired) electrons. The average Bonchev–Trinajstić information content (AvgIpc) is 2.38. The van der Waals surface area contributed by atoms with Crippen molar-refractivity contribution in [3.05, 3.63) is 28.5 Å². The number of carbonyl (C=O) groups is 1. The van der Waals surface area contributed by atoms with Gasteiger partial charge >= 0.3 is 0 Å². The van der Waals surface area contributed by atoms with E-state index in [-0.39, 0.29) is 17.8 Å². The molecular weight excluding hydrogens is 315 g/mol. The zero-order valence-electron chi connectivity index (χ0n) is 11.2. The van der Waals surface area contributed by atoms with Gasteiger partial charge in [-0.15, -0.1) is 0 Å². The van der Waals surface area contributed by atoms with Gasteiger partial charge in [-0.25, -0.2) is 4.39 Å². The minimum absolute atomic E-state index is 0.189. The first-order valence-electron chi connectivity index (χ1n) is 6.00. The summed E-state index contributed by atoms with van der Waals surface area (Å²) in [7, 11) is 1.83. The van der Waals surface area contributed by atoms with Crippen LogP contribution in [0.15, 0.2) is 22.7 Å². The van der Waals surface area contributed by atoms with Crippen LogP contribution in [0.1, 0.15) is 13.8 Å². The first-order chi connectivity index (χ1) is 8.93. The van der Waals surface area contributed by atoms with Gasteiger partial charge in [-0.3, -0.25) is 4.79 Å². The van der Waals surface area contributed by atoms with E-state index in [0.717, 1.165) is 0 Å². The summed E-state index contributed by atoms with van der Waals surface area (Å²) in [5.41, 5.74) is 0. The Morgan fingerprint density at radius 1 is 1.47 bits per heavy atom. The molecule has 2 N–H and O–H groups in total. The predicted molar refractivity (Wildman–Crippen MR) is 75.7 cm³/mol. The smallest absolute Gasteiger partial charge is 0.260 e. The summed E-state index contributed by atoms with van der Waals surface area (Å²) in [6.07, 6.45) is -0.647. The van der Waals surface area contributed by atoms with Gasteiger partial charge < -0.3 is 15.4 Å². The fourth-order valence-corrected chi connectivity index (χ4v) is 1.76. The Balaban J connectivity index is 2.54. The molecular formula is C13H18BrFN2O2. The molecule has 0 aromatic heterocycles. The Bertz CT molecular complexity index is 443. The van der Waals surface area contributed by atoms with Crippen molar-refractivity contribution in [2.24, 2.45) is 0 Å². The summed E-state index contributed by atoms with van der Waals surface area (Å²) in [5, 5.41) is 5.79. The van der Waals surface area contributed by atoms with Gasteiger partial charge in [0.2, 0.25) is 0 Å². The summed E-state index contributed by atoms with van der Waals surface area (Å²) in [5.74, 6) is -0.136. The van der Waals surface area contributed by atoms with Crippen molar-refractivity contribution >= 4 is 21.8 Å². The molecule has 0 fully saturated rings. The summed E-state index contributed by atoms with van der Waals surface area (Å²) in [6, 6.07) is 4.25. The van der Waals surface area contributed by atoms with Gasteiger partial charge in [0, 0.05) is 12.6 Å². The van der Waals surface area contributed by atoms with E-state index in [0.29, 0.717) is 16.8 Å². The van der Waals surface area contributed by atoms with Crippen molar-refractivity contribution in [2.75, 3.05) is 13.6 Å². The van der Waals surface area contributed by atoms with E-state index in [1.165, 1.54) is 18.2 Å². The van der Waals surface area contributed by atoms with Crippen LogP contribution >= 0.6 is 15.9 Å². The highest BCUT2D eigenvalue weighted by molar-refractivity contribution is 9.10. The fourth-order valence-electron chi connectivity index (χ4n) is 1.31. The third-order valence-electron chi connectivity index (χ3n) is 2.64. The summed E-state index contributed by atoms with van der Waals surface area (Å²) in [4.78, 5) is 11.8. The van der Waals surface area contributed by atoms with E-state index < -0.39 is 6.10 Å². The van der Waals surface area contributed by atoms with Gasteiger partial charge in [0.05, 0.1) is 4.47 Å². The zero-order valence-corrected chi connectivity index (χ0v) is 12.8. The first-order valence-corrected chi connectivity index (χ1v) is 6.80. The summed E-state index contributed by atoms with van der Waals surface area (Å²) >= 11 is 3.19. The molecule has 0 aliphatic carbocycles. The monoisotopic (exact) mass is 332 g/mol. The van der Waals surface area contributed by atoms with Crippen molar-refractivity contribution in [3.63, 3.8) is 0 Å². The topological polar surface area (TPSA) is 50.4 Å². The van der Waals surface area contributed by atoms with E-state index in [4.69, 9.17) is 4.74 Å². The highest BCUT2D eigenvalue weighted by Gasteiger charge is 2.16. The van der Waals surface area contributed by atoms with Gasteiger partial charge in [-0.2, -0.15) is 0 Å². The van der Waals surface area contributed by atoms with E-state index >= 15 is 0 Å². The second-order valence-electron chi connectivity index (χ2n) is 4.27. The van der Waals surface area contributed by atoms with E-state index in [9.17, 15) is 9.18 Å². The molecule has 2 unspecified atom stereocenters. The molecule has 1 rings (SSSR count). The highest BCUT2D eigenvalue weighted by atomic mass is 79.9. The number of benzene rings is 1. The van der Waals surface area contributed by atoms with Crippen LogP contribution in [0.3, 0.4) is 0 Å². The lowest BCUT2D eigenvalue weighted by atomic mass is 10.3. The molecule has 19 heavy (non-hydrogen) atoms. The molecule has 0 aliphatic heterocycles. The molecule has 0 heterocycles. The Kier molecular flexibility index (Phi) is 6.24. The minimum atomic E-state index is -0.647. The molecule has 4 nitrogen and oxygen atoms in total. The number of rotatable bonds is 6. The van der Waals surface area contributed by atoms with Crippen LogP contribution in [0.2, 0.25) is 0 Å². The van der Waals surface area contributed by atoms with Crippen molar-refractivity contribution in [2.45, 2.75) is 26.0 Å². The summed E-state index contributed by atoms with van der Waals surface area (Å²) in [6.45, 7) is 4.13. The van der Waals surface area contributed by atoms with Crippen LogP contribution in [0, 0.1) is 5.82 Å². The predicted octanol–water partition coefficient (Wildman–Crippen LogP) is 2.08. The van der Waals surface area contributed by atoms with Crippen LogP contribution in [0.4, 0.5) is 4.39 Å². The molecule has 0 saturated carbocycles. The van der Waals surface area contributed by atoms with E-state index in [1.54, 1.807) is 6.92 Å². The van der Waals surface area contributed by atoms with Crippen LogP contribution in [0.5, 0.6) is 5.75 Å². The third kappa shape index (κ3) is 5.16. The van der Waals surface area contributed by atoms with Crippen molar-refractivity contribution < 1.29 is 13.9 Å². The molecule has 0 spiro atoms. The normalized spacial score (nSPS) is 13.7. The Hall–Kier alpha value is -1.14. The van der Waals surface area contributed by atoms with E-state index in [2.05, 4.69) is 26.6 Å². The lowest BCUT2D eigenvalue weighted by Gasteiger charge is -2.17. The first kappa shape index (κ1) is 15.9. The highest BCUT2D eigenvalue weighted by Crippen LogP contribution is 2.26. The average molecular weight is 333 g/mol. The molecule has 0 saturated heterocycles. The minimum Gasteiger partial charge on any atom is -0.480 e. The molecule has 2 atom stereocenters. The molecule has 1 aromatic rings. The quantitative estimate of drug-likeness (QED) is 0.838. The Labute approximate surface area is 120 Å². The lowest BCUT2D eigenvalue weighted by Crippen LogP contribution is -2.42. The van der Waals surface area contributed by atoms with Gasteiger partial charge in [-0.1, -0.05) is 0 Å². The van der Waals surface area contributed by atoms with Gasteiger partial charge in [0.15, 0.2) is 6.10 Å². The van der Waals surface area contributed by atoms with Gasteiger partial charge in [0.1, 0.15) is 11.6 Å². The number of nitrogens with one attached hydrogen (secondary N) is 2. The molecule has 0 bridgehead atoms. The lowest BCUT2D eigenvalue weighted by molar-refractivity contribution is -0.127. The van der Waals surface area contributed by atoms with Crippen molar-refractivity contribution in [3.8, 4) is 5.75 Å². The van der Waals surface area contributed by atoms with Crippen molar-refractivity contribution in [1.29, 1.82) is 0 Å². The number of ether oxygens (including phenoxy) is 1. The third-order valence-corrected chi connectivity index (χ3v) is 3.26. The van der Waals surface area contributed by atoms with E-state index in [1.807, 2.05) is 14.0 Å². The maximum atomic E-state index is 12.9. The number of halogens is 2. The Morgan fingerprint density at radius 3 is 2.74 bits per heavy atom. The zero-order chi connectivity index (χ0) is 14.4. The molecule has 1 aromatic carbocycles. The van der Waals surface area contributed by atoms with Crippen molar-refractivity contribution in [1.82, 2.24) is 10.6 Å². The second-order valence-corrected chi connectivity index (χ2v) is 5.12. The standard InChI is InChI=1S/C13H18BrFN2O2/c1-8(16-3)7-17-13(18)9(2)19-12-5-4-10(15)6-11(12)14/h4-6,8-9,16H,7H2,1-3H3,(H,17,18). The number of hydrogen-bond donors (Lipinski definition) is 2. The maximum absolute atomic E-state index is 12.9. The van der Waals surface area contributed by atoms with Gasteiger partial charge in [0.25, 0.3) is 5.91 Å². The van der Waals surface area contributed by atoms with Gasteiger partial charge in [-0.05, 0) is 55.0 Å². The van der Waals surface area contributed by atoms with Crippen LogP contribution in [0.25, 0.3) is 0 Å².